The molecule has 0 aliphatic rings. The highest BCUT2D eigenvalue weighted by Crippen LogP contribution is 2.27. The van der Waals surface area contributed by atoms with E-state index in [0.29, 0.717) is 17.1 Å². The fourth-order valence-electron chi connectivity index (χ4n) is 2.30. The lowest BCUT2D eigenvalue weighted by Gasteiger charge is -2.11. The van der Waals surface area contributed by atoms with Crippen LogP contribution in [0.25, 0.3) is 0 Å². The molecule has 1 aromatic heterocycles. The normalized spacial score (nSPS) is 10.8. The number of alkyl halides is 3. The van der Waals surface area contributed by atoms with E-state index in [1.807, 2.05) is 0 Å². The summed E-state index contributed by atoms with van der Waals surface area (Å²) in [5, 5.41) is 5.00. The Morgan fingerprint density at radius 2 is 1.77 bits per heavy atom. The molecule has 8 nitrogen and oxygen atoms in total. The van der Waals surface area contributed by atoms with Crippen molar-refractivity contribution in [2.45, 2.75) is 12.7 Å². The molecule has 0 aliphatic heterocycles. The minimum absolute atomic E-state index is 0.0238. The molecule has 162 valence electrons. The van der Waals surface area contributed by atoms with Gasteiger partial charge >= 0.3 is 6.18 Å². The monoisotopic (exact) mass is 427 g/mol. The van der Waals surface area contributed by atoms with Gasteiger partial charge in [-0.25, -0.2) is 4.98 Å². The Labute approximate surface area is 170 Å². The number of ether oxygens (including phenoxy) is 3. The predicted molar refractivity (Wildman–Crippen MR) is 99.5 cm³/mol. The number of nitrogens with one attached hydrogen (secondary N) is 2. The molecule has 0 atom stereocenters. The van der Waals surface area contributed by atoms with Crippen molar-refractivity contribution in [1.29, 1.82) is 0 Å². The van der Waals surface area contributed by atoms with E-state index in [1.54, 1.807) is 6.07 Å². The molecule has 0 bridgehead atoms. The first-order chi connectivity index (χ1) is 14.2. The number of pyridine rings is 1. The Hall–Kier alpha value is -3.50. The van der Waals surface area contributed by atoms with Gasteiger partial charge in [0.25, 0.3) is 5.91 Å². The third-order valence-corrected chi connectivity index (χ3v) is 3.73. The van der Waals surface area contributed by atoms with Gasteiger partial charge in [-0.2, -0.15) is 13.2 Å². The van der Waals surface area contributed by atoms with Crippen LogP contribution in [0.3, 0.4) is 0 Å². The number of nitrogens with zero attached hydrogens (tertiary/aromatic N) is 1. The molecule has 30 heavy (non-hydrogen) atoms. The van der Waals surface area contributed by atoms with Crippen molar-refractivity contribution in [3.05, 3.63) is 47.7 Å². The molecule has 11 heteroatoms. The quantitative estimate of drug-likeness (QED) is 0.636. The Balaban J connectivity index is 1.83. The van der Waals surface area contributed by atoms with Gasteiger partial charge in [-0.05, 0) is 29.8 Å². The van der Waals surface area contributed by atoms with Gasteiger partial charge in [-0.15, -0.1) is 0 Å². The number of rotatable bonds is 9. The van der Waals surface area contributed by atoms with Gasteiger partial charge in [-0.3, -0.25) is 9.59 Å². The van der Waals surface area contributed by atoms with E-state index in [4.69, 9.17) is 9.47 Å². The molecule has 2 aromatic rings. The topological polar surface area (TPSA) is 98.8 Å². The van der Waals surface area contributed by atoms with Gasteiger partial charge in [0, 0.05) is 24.4 Å². The van der Waals surface area contributed by atoms with Crippen molar-refractivity contribution in [3.63, 3.8) is 0 Å². The molecule has 1 heterocycles. The van der Waals surface area contributed by atoms with Gasteiger partial charge in [0.1, 0.15) is 0 Å². The summed E-state index contributed by atoms with van der Waals surface area (Å²) >= 11 is 0. The van der Waals surface area contributed by atoms with E-state index >= 15 is 0 Å². The summed E-state index contributed by atoms with van der Waals surface area (Å²) < 4.78 is 51.3. The Morgan fingerprint density at radius 1 is 1.03 bits per heavy atom. The van der Waals surface area contributed by atoms with E-state index in [1.165, 1.54) is 44.7 Å². The molecule has 0 spiro atoms. The largest absolute Gasteiger partial charge is 0.493 e. The summed E-state index contributed by atoms with van der Waals surface area (Å²) in [7, 11) is 2.90. The van der Waals surface area contributed by atoms with Crippen LogP contribution in [0.2, 0.25) is 0 Å². The van der Waals surface area contributed by atoms with Crippen LogP contribution in [0.5, 0.6) is 17.4 Å². The van der Waals surface area contributed by atoms with Crippen molar-refractivity contribution in [2.75, 3.05) is 27.4 Å². The van der Waals surface area contributed by atoms with E-state index in [0.717, 1.165) is 0 Å². The smallest absolute Gasteiger partial charge is 0.422 e. The average molecular weight is 427 g/mol. The van der Waals surface area contributed by atoms with Crippen molar-refractivity contribution >= 4 is 11.8 Å². The molecule has 0 saturated carbocycles. The number of carbonyl (C=O) groups excluding carboxylic acids is 2. The second-order valence-corrected chi connectivity index (χ2v) is 5.94. The number of hydrogen-bond acceptors (Lipinski definition) is 6. The first-order valence-electron chi connectivity index (χ1n) is 8.63. The number of carbonyl (C=O) groups is 2. The number of halogens is 3. The maximum Gasteiger partial charge on any atom is 0.422 e. The van der Waals surface area contributed by atoms with Gasteiger partial charge in [0.05, 0.1) is 20.8 Å². The maximum absolute atomic E-state index is 12.2. The molecule has 2 amide bonds. The highest BCUT2D eigenvalue weighted by molar-refractivity contribution is 5.97. The van der Waals surface area contributed by atoms with Crippen LogP contribution in [0.4, 0.5) is 13.2 Å². The van der Waals surface area contributed by atoms with E-state index < -0.39 is 24.6 Å². The zero-order chi connectivity index (χ0) is 22.1. The minimum atomic E-state index is -4.47. The standard InChI is InChI=1S/C19H20F3N3O5/c1-28-14-4-3-13(8-15(14)29-2)18(27)25-10-16(26)24-9-12-5-6-23-17(7-12)30-11-19(20,21)22/h3-8H,9-11H2,1-2H3,(H,24,26)(H,25,27). The summed E-state index contributed by atoms with van der Waals surface area (Å²) in [4.78, 5) is 27.8. The third kappa shape index (κ3) is 7.15. The molecule has 0 fully saturated rings. The fraction of sp³-hybridized carbons (Fsp3) is 0.316. The number of methoxy groups -OCH3 is 2. The Kier molecular flexibility index (Phi) is 7.84. The molecular formula is C19H20F3N3O5. The lowest BCUT2D eigenvalue weighted by atomic mass is 10.2. The molecule has 0 unspecified atom stereocenters. The first-order valence-corrected chi connectivity index (χ1v) is 8.63. The van der Waals surface area contributed by atoms with Crippen molar-refractivity contribution in [2.24, 2.45) is 0 Å². The van der Waals surface area contributed by atoms with Crippen molar-refractivity contribution < 1.29 is 37.0 Å². The molecule has 0 aliphatic carbocycles. The Morgan fingerprint density at radius 3 is 2.43 bits per heavy atom. The summed E-state index contributed by atoms with van der Waals surface area (Å²) in [6, 6.07) is 7.37. The molecule has 0 saturated heterocycles. The Bertz CT molecular complexity index is 890. The first kappa shape index (κ1) is 22.8. The van der Waals surface area contributed by atoms with E-state index in [9.17, 15) is 22.8 Å². The van der Waals surface area contributed by atoms with Crippen molar-refractivity contribution in [1.82, 2.24) is 15.6 Å². The third-order valence-electron chi connectivity index (χ3n) is 3.73. The number of aromatic nitrogens is 1. The van der Waals surface area contributed by atoms with Gasteiger partial charge in [-0.1, -0.05) is 0 Å². The average Bonchev–Trinajstić information content (AvgIpc) is 2.73. The van der Waals surface area contributed by atoms with Crippen LogP contribution >= 0.6 is 0 Å². The number of hydrogen-bond donors (Lipinski definition) is 2. The van der Waals surface area contributed by atoms with Crippen molar-refractivity contribution in [3.8, 4) is 17.4 Å². The van der Waals surface area contributed by atoms with E-state index in [2.05, 4.69) is 20.4 Å². The van der Waals surface area contributed by atoms with E-state index in [-0.39, 0.29) is 24.5 Å². The minimum Gasteiger partial charge on any atom is -0.493 e. The zero-order valence-corrected chi connectivity index (χ0v) is 16.2. The van der Waals surface area contributed by atoms with Crippen LogP contribution in [-0.4, -0.2) is 50.3 Å². The highest BCUT2D eigenvalue weighted by atomic mass is 19.4. The number of benzene rings is 1. The van der Waals surface area contributed by atoms with Crippen LogP contribution < -0.4 is 24.8 Å². The number of amides is 2. The lowest BCUT2D eigenvalue weighted by Crippen LogP contribution is -2.36. The zero-order valence-electron chi connectivity index (χ0n) is 16.2. The molecule has 0 radical (unpaired) electrons. The second-order valence-electron chi connectivity index (χ2n) is 5.94. The maximum atomic E-state index is 12.2. The highest BCUT2D eigenvalue weighted by Gasteiger charge is 2.28. The van der Waals surface area contributed by atoms with Gasteiger partial charge in [0.15, 0.2) is 18.1 Å². The molecular weight excluding hydrogens is 407 g/mol. The lowest BCUT2D eigenvalue weighted by molar-refractivity contribution is -0.154. The fourth-order valence-corrected chi connectivity index (χ4v) is 2.30. The second kappa shape index (κ2) is 10.3. The van der Waals surface area contributed by atoms with Gasteiger partial charge in [0.2, 0.25) is 11.8 Å². The molecule has 2 rings (SSSR count). The summed E-state index contributed by atoms with van der Waals surface area (Å²) in [5.41, 5.74) is 0.766. The van der Waals surface area contributed by atoms with Crippen LogP contribution in [0, 0.1) is 0 Å². The van der Waals surface area contributed by atoms with Gasteiger partial charge < -0.3 is 24.8 Å². The molecule has 1 aromatic carbocycles. The summed E-state index contributed by atoms with van der Waals surface area (Å²) in [6.07, 6.45) is -3.20. The summed E-state index contributed by atoms with van der Waals surface area (Å²) in [6.45, 7) is -1.73. The van der Waals surface area contributed by atoms with Crippen LogP contribution in [-0.2, 0) is 11.3 Å². The van der Waals surface area contributed by atoms with Crippen LogP contribution in [0.1, 0.15) is 15.9 Å². The SMILES string of the molecule is COc1ccc(C(=O)NCC(=O)NCc2ccnc(OCC(F)(F)F)c2)cc1OC. The van der Waals surface area contributed by atoms with Crippen LogP contribution in [0.15, 0.2) is 36.5 Å². The summed E-state index contributed by atoms with van der Waals surface area (Å²) in [5.74, 6) is -0.351. The predicted octanol–water partition coefficient (Wildman–Crippen LogP) is 2.09. The molecule has 2 N–H and O–H groups in total.